The molecule has 0 aromatic heterocycles. The Labute approximate surface area is 202 Å². The van der Waals surface area contributed by atoms with Crippen LogP contribution in [-0.2, 0) is 12.8 Å². The van der Waals surface area contributed by atoms with Gasteiger partial charge in [0.2, 0.25) is 0 Å². The molecule has 0 radical (unpaired) electrons. The molecule has 0 aliphatic heterocycles. The quantitative estimate of drug-likeness (QED) is 0.163. The van der Waals surface area contributed by atoms with Crippen LogP contribution in [0.3, 0.4) is 0 Å². The van der Waals surface area contributed by atoms with E-state index in [2.05, 4.69) is 10.5 Å². The fraction of sp³-hybridized carbons (Fsp3) is 0.0800. The first-order valence-corrected chi connectivity index (χ1v) is 10.6. The van der Waals surface area contributed by atoms with Crippen molar-refractivity contribution in [2.24, 2.45) is 5.10 Å². The summed E-state index contributed by atoms with van der Waals surface area (Å²) < 4.78 is 44.8. The molecule has 0 unspecified atom stereocenters. The molecule has 1 N–H and O–H groups in total. The number of nitro groups is 1. The van der Waals surface area contributed by atoms with Crippen LogP contribution in [0, 0.1) is 10.1 Å². The number of alkyl halides is 3. The van der Waals surface area contributed by atoms with Crippen molar-refractivity contribution in [2.45, 2.75) is 12.8 Å². The number of anilines is 1. The Bertz CT molecular complexity index is 1410. The third-order valence-electron chi connectivity index (χ3n) is 5.14. The number of hydrogen-bond donors (Lipinski definition) is 1. The summed E-state index contributed by atoms with van der Waals surface area (Å²) in [5.74, 6) is 0.506. The number of ether oxygens (including phenoxy) is 1. The van der Waals surface area contributed by atoms with E-state index < -0.39 is 22.4 Å². The van der Waals surface area contributed by atoms with Crippen LogP contribution < -0.4 is 10.2 Å². The molecular weight excluding hydrogens is 483 g/mol. The van der Waals surface area contributed by atoms with Crippen LogP contribution in [0.2, 0.25) is 5.02 Å². The standard InChI is InChI=1S/C25H17ClF3N3O3/c26-19-9-5-16(6-10-19)15-35-24-12-7-17-3-1-2-4-20(17)21(24)14-30-31-22-11-8-18(25(27,28)29)13-23(22)32(33)34/h1-14,31H,15H2/b30-14-. The molecule has 35 heavy (non-hydrogen) atoms. The molecule has 10 heteroatoms. The van der Waals surface area contributed by atoms with Crippen molar-refractivity contribution in [3.05, 3.63) is 111 Å². The maximum atomic E-state index is 13.0. The Morgan fingerprint density at radius 2 is 1.77 bits per heavy atom. The van der Waals surface area contributed by atoms with Gasteiger partial charge in [0, 0.05) is 16.7 Å². The van der Waals surface area contributed by atoms with Gasteiger partial charge in [-0.1, -0.05) is 54.1 Å². The monoisotopic (exact) mass is 499 g/mol. The average Bonchev–Trinajstić information content (AvgIpc) is 2.83. The molecule has 0 aliphatic rings. The Morgan fingerprint density at radius 1 is 1.03 bits per heavy atom. The van der Waals surface area contributed by atoms with Crippen LogP contribution in [0.15, 0.2) is 84.0 Å². The Kier molecular flexibility index (Phi) is 6.88. The van der Waals surface area contributed by atoms with Crippen molar-refractivity contribution in [1.82, 2.24) is 0 Å². The first-order chi connectivity index (χ1) is 16.7. The average molecular weight is 500 g/mol. The van der Waals surface area contributed by atoms with E-state index in [1.54, 1.807) is 18.2 Å². The minimum absolute atomic E-state index is 0.178. The fourth-order valence-corrected chi connectivity index (χ4v) is 3.52. The number of nitrogens with one attached hydrogen (secondary N) is 1. The predicted molar refractivity (Wildman–Crippen MR) is 129 cm³/mol. The highest BCUT2D eigenvalue weighted by molar-refractivity contribution is 6.30. The van der Waals surface area contributed by atoms with Gasteiger partial charge >= 0.3 is 6.18 Å². The highest BCUT2D eigenvalue weighted by atomic mass is 35.5. The van der Waals surface area contributed by atoms with Gasteiger partial charge in [0.15, 0.2) is 0 Å². The summed E-state index contributed by atoms with van der Waals surface area (Å²) in [6.45, 7) is 0.258. The van der Waals surface area contributed by atoms with Gasteiger partial charge in [0.1, 0.15) is 18.0 Å². The smallest absolute Gasteiger partial charge is 0.416 e. The van der Waals surface area contributed by atoms with E-state index in [1.165, 1.54) is 6.21 Å². The molecule has 4 aromatic rings. The van der Waals surface area contributed by atoms with Crippen LogP contribution in [0.1, 0.15) is 16.7 Å². The Balaban J connectivity index is 1.64. The predicted octanol–water partition coefficient (Wildman–Crippen LogP) is 7.45. The van der Waals surface area contributed by atoms with Crippen LogP contribution in [-0.4, -0.2) is 11.1 Å². The van der Waals surface area contributed by atoms with Crippen molar-refractivity contribution < 1.29 is 22.8 Å². The number of halogens is 4. The number of nitro benzene ring substituents is 1. The van der Waals surface area contributed by atoms with Crippen LogP contribution >= 0.6 is 11.6 Å². The maximum Gasteiger partial charge on any atom is 0.416 e. The highest BCUT2D eigenvalue weighted by Gasteiger charge is 2.33. The van der Waals surface area contributed by atoms with E-state index >= 15 is 0 Å². The van der Waals surface area contributed by atoms with Crippen molar-refractivity contribution >= 4 is 40.0 Å². The van der Waals surface area contributed by atoms with E-state index in [0.717, 1.165) is 28.5 Å². The number of hydrogen-bond acceptors (Lipinski definition) is 5. The summed E-state index contributed by atoms with van der Waals surface area (Å²) in [6.07, 6.45) is -3.28. The Morgan fingerprint density at radius 3 is 2.49 bits per heavy atom. The zero-order valence-corrected chi connectivity index (χ0v) is 18.7. The molecule has 4 rings (SSSR count). The van der Waals surface area contributed by atoms with Crippen LogP contribution in [0.5, 0.6) is 5.75 Å². The normalized spacial score (nSPS) is 11.7. The van der Waals surface area contributed by atoms with Gasteiger partial charge in [-0.2, -0.15) is 18.3 Å². The van der Waals surface area contributed by atoms with Crippen molar-refractivity contribution in [1.29, 1.82) is 0 Å². The number of fused-ring (bicyclic) bond motifs is 1. The number of hydrazone groups is 1. The third kappa shape index (κ3) is 5.70. The lowest BCUT2D eigenvalue weighted by atomic mass is 10.0. The van der Waals surface area contributed by atoms with E-state index in [9.17, 15) is 23.3 Å². The lowest BCUT2D eigenvalue weighted by Crippen LogP contribution is -2.07. The zero-order chi connectivity index (χ0) is 25.0. The number of nitrogens with zero attached hydrogens (tertiary/aromatic N) is 2. The minimum atomic E-state index is -4.70. The van der Waals surface area contributed by atoms with E-state index in [1.807, 2.05) is 42.5 Å². The molecule has 0 bridgehead atoms. The second-order valence-electron chi connectivity index (χ2n) is 7.47. The largest absolute Gasteiger partial charge is 0.488 e. The summed E-state index contributed by atoms with van der Waals surface area (Å²) in [6, 6.07) is 20.5. The third-order valence-corrected chi connectivity index (χ3v) is 5.39. The SMILES string of the molecule is O=[N+]([O-])c1cc(C(F)(F)F)ccc1N/N=C\c1c(OCc2ccc(Cl)cc2)ccc2ccccc12. The van der Waals surface area contributed by atoms with E-state index in [4.69, 9.17) is 16.3 Å². The summed E-state index contributed by atoms with van der Waals surface area (Å²) in [5.41, 5.74) is 1.93. The molecule has 0 fully saturated rings. The molecule has 178 valence electrons. The lowest BCUT2D eigenvalue weighted by Gasteiger charge is -2.12. The molecule has 0 spiro atoms. The molecule has 0 aliphatic carbocycles. The summed E-state index contributed by atoms with van der Waals surface area (Å²) in [4.78, 5) is 10.4. The number of rotatable bonds is 7. The van der Waals surface area contributed by atoms with Crippen molar-refractivity contribution in [3.63, 3.8) is 0 Å². The Hall–Kier alpha value is -4.11. The molecule has 0 saturated heterocycles. The van der Waals surface area contributed by atoms with Gasteiger partial charge in [0.05, 0.1) is 16.7 Å². The minimum Gasteiger partial charge on any atom is -0.488 e. The number of benzene rings is 4. The molecule has 0 atom stereocenters. The fourth-order valence-electron chi connectivity index (χ4n) is 3.40. The zero-order valence-electron chi connectivity index (χ0n) is 17.9. The highest BCUT2D eigenvalue weighted by Crippen LogP contribution is 2.35. The van der Waals surface area contributed by atoms with E-state index in [-0.39, 0.29) is 12.3 Å². The van der Waals surface area contributed by atoms with Crippen LogP contribution in [0.4, 0.5) is 24.5 Å². The second-order valence-corrected chi connectivity index (χ2v) is 7.91. The summed E-state index contributed by atoms with van der Waals surface area (Å²) >= 11 is 5.93. The molecule has 0 amide bonds. The van der Waals surface area contributed by atoms with Crippen LogP contribution in [0.25, 0.3) is 10.8 Å². The van der Waals surface area contributed by atoms with Gasteiger partial charge in [-0.05, 0) is 46.7 Å². The molecule has 4 aromatic carbocycles. The van der Waals surface area contributed by atoms with E-state index in [0.29, 0.717) is 22.4 Å². The van der Waals surface area contributed by atoms with Crippen molar-refractivity contribution in [2.75, 3.05) is 5.43 Å². The van der Waals surface area contributed by atoms with Gasteiger partial charge in [-0.25, -0.2) is 0 Å². The first kappa shape index (κ1) is 24.0. The second kappa shape index (κ2) is 10.0. The molecule has 0 heterocycles. The van der Waals surface area contributed by atoms with Gasteiger partial charge in [-0.15, -0.1) is 0 Å². The van der Waals surface area contributed by atoms with Gasteiger partial charge < -0.3 is 4.74 Å². The molecule has 0 saturated carbocycles. The maximum absolute atomic E-state index is 13.0. The molecular formula is C25H17ClF3N3O3. The molecule has 6 nitrogen and oxygen atoms in total. The lowest BCUT2D eigenvalue weighted by molar-refractivity contribution is -0.384. The summed E-state index contributed by atoms with van der Waals surface area (Å²) in [5, 5.41) is 17.7. The van der Waals surface area contributed by atoms with Gasteiger partial charge in [0.25, 0.3) is 5.69 Å². The first-order valence-electron chi connectivity index (χ1n) is 10.3. The topological polar surface area (TPSA) is 76.8 Å². The van der Waals surface area contributed by atoms with Crippen molar-refractivity contribution in [3.8, 4) is 5.75 Å². The summed E-state index contributed by atoms with van der Waals surface area (Å²) in [7, 11) is 0. The van der Waals surface area contributed by atoms with Gasteiger partial charge in [-0.3, -0.25) is 15.5 Å².